The standard InChI is InChI=1S/C17H14ClF3N6O/c18-11-4-1-2-5-12(11)27-13(10-14(26-27)17(19,20)21)15(28)22-8-9-25-16-23-6-3-7-24-16/h1-7,10H,8-9H2,(H,22,28)(H,23,24,25). The first-order chi connectivity index (χ1) is 13.4. The minimum atomic E-state index is -4.70. The van der Waals surface area contributed by atoms with Crippen molar-refractivity contribution in [1.29, 1.82) is 0 Å². The molecule has 3 rings (SSSR count). The monoisotopic (exact) mass is 410 g/mol. The molecule has 0 radical (unpaired) electrons. The molecule has 0 aliphatic heterocycles. The van der Waals surface area contributed by atoms with Crippen molar-refractivity contribution in [2.75, 3.05) is 18.4 Å². The van der Waals surface area contributed by atoms with Crippen molar-refractivity contribution in [2.24, 2.45) is 0 Å². The van der Waals surface area contributed by atoms with Crippen LogP contribution < -0.4 is 10.6 Å². The molecular weight excluding hydrogens is 397 g/mol. The number of amides is 1. The lowest BCUT2D eigenvalue weighted by Crippen LogP contribution is -2.30. The van der Waals surface area contributed by atoms with Gasteiger partial charge in [0.15, 0.2) is 5.69 Å². The fraction of sp³-hybridized carbons (Fsp3) is 0.176. The number of alkyl halides is 3. The fourth-order valence-electron chi connectivity index (χ4n) is 2.32. The first-order valence-electron chi connectivity index (χ1n) is 8.07. The molecule has 0 aliphatic rings. The summed E-state index contributed by atoms with van der Waals surface area (Å²) in [5.41, 5.74) is -1.30. The number of anilines is 1. The summed E-state index contributed by atoms with van der Waals surface area (Å²) in [4.78, 5) is 20.4. The number of para-hydroxylation sites is 1. The van der Waals surface area contributed by atoms with Gasteiger partial charge < -0.3 is 10.6 Å². The van der Waals surface area contributed by atoms with E-state index >= 15 is 0 Å². The van der Waals surface area contributed by atoms with Crippen LogP contribution in [-0.2, 0) is 6.18 Å². The van der Waals surface area contributed by atoms with Crippen molar-refractivity contribution in [3.05, 3.63) is 65.2 Å². The minimum Gasteiger partial charge on any atom is -0.352 e. The van der Waals surface area contributed by atoms with Crippen molar-refractivity contribution >= 4 is 23.5 Å². The normalized spacial score (nSPS) is 11.3. The molecule has 0 spiro atoms. The SMILES string of the molecule is O=C(NCCNc1ncccn1)c1cc(C(F)(F)F)nn1-c1ccccc1Cl. The van der Waals surface area contributed by atoms with Crippen LogP contribution in [-0.4, -0.2) is 38.7 Å². The van der Waals surface area contributed by atoms with Crippen LogP contribution in [0.15, 0.2) is 48.8 Å². The van der Waals surface area contributed by atoms with Crippen molar-refractivity contribution in [3.8, 4) is 5.69 Å². The highest BCUT2D eigenvalue weighted by molar-refractivity contribution is 6.32. The summed E-state index contributed by atoms with van der Waals surface area (Å²) in [5, 5.41) is 9.09. The number of hydrogen-bond acceptors (Lipinski definition) is 5. The van der Waals surface area contributed by atoms with E-state index in [4.69, 9.17) is 11.6 Å². The van der Waals surface area contributed by atoms with E-state index in [1.54, 1.807) is 30.6 Å². The van der Waals surface area contributed by atoms with Gasteiger partial charge in [-0.3, -0.25) is 4.79 Å². The van der Waals surface area contributed by atoms with Gasteiger partial charge in [-0.1, -0.05) is 23.7 Å². The summed E-state index contributed by atoms with van der Waals surface area (Å²) in [6.45, 7) is 0.411. The molecule has 0 bridgehead atoms. The van der Waals surface area contributed by atoms with Crippen LogP contribution in [0.1, 0.15) is 16.2 Å². The lowest BCUT2D eigenvalue weighted by atomic mass is 10.3. The van der Waals surface area contributed by atoms with Gasteiger partial charge in [0.1, 0.15) is 5.69 Å². The minimum absolute atomic E-state index is 0.131. The highest BCUT2D eigenvalue weighted by Crippen LogP contribution is 2.30. The van der Waals surface area contributed by atoms with E-state index in [0.29, 0.717) is 12.0 Å². The first-order valence-corrected chi connectivity index (χ1v) is 8.45. The maximum Gasteiger partial charge on any atom is 0.435 e. The molecule has 2 N–H and O–H groups in total. The Kier molecular flexibility index (Phi) is 5.78. The van der Waals surface area contributed by atoms with E-state index in [1.807, 2.05) is 0 Å². The molecule has 11 heteroatoms. The zero-order valence-corrected chi connectivity index (χ0v) is 15.0. The summed E-state index contributed by atoms with van der Waals surface area (Å²) < 4.78 is 40.2. The predicted molar refractivity (Wildman–Crippen MR) is 96.4 cm³/mol. The van der Waals surface area contributed by atoms with Crippen LogP contribution in [0.5, 0.6) is 0 Å². The number of carbonyl (C=O) groups excluding carboxylic acids is 1. The third-order valence-electron chi connectivity index (χ3n) is 3.57. The first kappa shape index (κ1) is 19.6. The number of aromatic nitrogens is 4. The lowest BCUT2D eigenvalue weighted by molar-refractivity contribution is -0.141. The van der Waals surface area contributed by atoms with Crippen LogP contribution in [0.4, 0.5) is 19.1 Å². The van der Waals surface area contributed by atoms with Crippen LogP contribution in [0, 0.1) is 0 Å². The number of nitrogens with zero attached hydrogens (tertiary/aromatic N) is 4. The number of benzene rings is 1. The van der Waals surface area contributed by atoms with Gasteiger partial charge in [-0.05, 0) is 18.2 Å². The lowest BCUT2D eigenvalue weighted by Gasteiger charge is -2.10. The molecule has 2 aromatic heterocycles. The molecule has 1 amide bonds. The van der Waals surface area contributed by atoms with Crippen molar-refractivity contribution in [2.45, 2.75) is 6.18 Å². The summed E-state index contributed by atoms with van der Waals surface area (Å²) in [5.74, 6) is -0.351. The van der Waals surface area contributed by atoms with E-state index in [9.17, 15) is 18.0 Å². The Balaban J connectivity index is 1.77. The molecule has 0 unspecified atom stereocenters. The Morgan fingerprint density at radius 2 is 1.82 bits per heavy atom. The molecule has 2 heterocycles. The van der Waals surface area contributed by atoms with Gasteiger partial charge in [0, 0.05) is 31.5 Å². The summed E-state index contributed by atoms with van der Waals surface area (Å²) >= 11 is 6.06. The molecule has 0 saturated carbocycles. The van der Waals surface area contributed by atoms with Gasteiger partial charge in [-0.15, -0.1) is 0 Å². The largest absolute Gasteiger partial charge is 0.435 e. The van der Waals surface area contributed by atoms with Crippen molar-refractivity contribution in [1.82, 2.24) is 25.1 Å². The zero-order valence-electron chi connectivity index (χ0n) is 14.2. The molecule has 28 heavy (non-hydrogen) atoms. The van der Waals surface area contributed by atoms with Gasteiger partial charge >= 0.3 is 6.18 Å². The maximum atomic E-state index is 13.1. The zero-order chi connectivity index (χ0) is 20.1. The molecule has 146 valence electrons. The molecule has 7 nitrogen and oxygen atoms in total. The van der Waals surface area contributed by atoms with Crippen LogP contribution >= 0.6 is 11.6 Å². The second-order valence-corrected chi connectivity index (χ2v) is 5.94. The summed E-state index contributed by atoms with van der Waals surface area (Å²) in [7, 11) is 0. The van der Waals surface area contributed by atoms with E-state index in [1.165, 1.54) is 12.1 Å². The molecule has 1 aromatic carbocycles. The van der Waals surface area contributed by atoms with Crippen molar-refractivity contribution in [3.63, 3.8) is 0 Å². The van der Waals surface area contributed by atoms with Gasteiger partial charge in [-0.25, -0.2) is 14.6 Å². The van der Waals surface area contributed by atoms with E-state index < -0.39 is 17.8 Å². The van der Waals surface area contributed by atoms with Gasteiger partial charge in [0.25, 0.3) is 5.91 Å². The Morgan fingerprint density at radius 3 is 2.50 bits per heavy atom. The van der Waals surface area contributed by atoms with Gasteiger partial charge in [-0.2, -0.15) is 18.3 Å². The molecule has 0 saturated heterocycles. The van der Waals surface area contributed by atoms with Crippen LogP contribution in [0.3, 0.4) is 0 Å². The maximum absolute atomic E-state index is 13.1. The molecule has 0 fully saturated rings. The third kappa shape index (κ3) is 4.58. The third-order valence-corrected chi connectivity index (χ3v) is 3.89. The van der Waals surface area contributed by atoms with E-state index in [2.05, 4.69) is 25.7 Å². The Hall–Kier alpha value is -3.14. The van der Waals surface area contributed by atoms with E-state index in [-0.39, 0.29) is 29.5 Å². The number of carbonyl (C=O) groups is 1. The van der Waals surface area contributed by atoms with Crippen LogP contribution in [0.25, 0.3) is 5.69 Å². The van der Waals surface area contributed by atoms with Gasteiger partial charge in [0.2, 0.25) is 5.95 Å². The highest BCUT2D eigenvalue weighted by Gasteiger charge is 2.36. The fourth-order valence-corrected chi connectivity index (χ4v) is 2.54. The Labute approximate surface area is 162 Å². The highest BCUT2D eigenvalue weighted by atomic mass is 35.5. The van der Waals surface area contributed by atoms with E-state index in [0.717, 1.165) is 4.68 Å². The average molecular weight is 411 g/mol. The number of nitrogens with one attached hydrogen (secondary N) is 2. The summed E-state index contributed by atoms with van der Waals surface area (Å²) in [6.07, 6.45) is -1.60. The average Bonchev–Trinajstić information content (AvgIpc) is 3.12. The Bertz CT molecular complexity index is 961. The van der Waals surface area contributed by atoms with Gasteiger partial charge in [0.05, 0.1) is 10.7 Å². The molecular formula is C17H14ClF3N6O. The quantitative estimate of drug-likeness (QED) is 0.610. The number of rotatable bonds is 6. The second kappa shape index (κ2) is 8.26. The predicted octanol–water partition coefficient (Wildman–Crippen LogP) is 3.18. The molecule has 3 aromatic rings. The topological polar surface area (TPSA) is 84.7 Å². The van der Waals surface area contributed by atoms with Crippen molar-refractivity contribution < 1.29 is 18.0 Å². The molecule has 0 atom stereocenters. The van der Waals surface area contributed by atoms with Crippen LogP contribution in [0.2, 0.25) is 5.02 Å². The Morgan fingerprint density at radius 1 is 1.11 bits per heavy atom. The molecule has 0 aliphatic carbocycles. The second-order valence-electron chi connectivity index (χ2n) is 5.53. The summed E-state index contributed by atoms with van der Waals surface area (Å²) in [6, 6.07) is 8.52. The number of halogens is 4. The smallest absolute Gasteiger partial charge is 0.352 e. The number of hydrogen-bond donors (Lipinski definition) is 2.